The maximum absolute atomic E-state index is 13.2. The number of primary amides is 1. The molecule has 0 unspecified atom stereocenters. The Morgan fingerprint density at radius 1 is 1.18 bits per heavy atom. The van der Waals surface area contributed by atoms with Crippen molar-refractivity contribution in [2.75, 3.05) is 18.1 Å². The lowest BCUT2D eigenvalue weighted by Gasteiger charge is -2.22. The molecule has 0 aliphatic rings. The number of esters is 1. The van der Waals surface area contributed by atoms with Crippen molar-refractivity contribution in [1.29, 1.82) is 0 Å². The van der Waals surface area contributed by atoms with Gasteiger partial charge < -0.3 is 19.9 Å². The Morgan fingerprint density at radius 3 is 2.36 bits per heavy atom. The molecule has 0 radical (unpaired) electrons. The molecule has 0 bridgehead atoms. The normalized spacial score (nSPS) is 10.6. The number of anilines is 1. The molecule has 28 heavy (non-hydrogen) atoms. The van der Waals surface area contributed by atoms with Crippen molar-refractivity contribution in [3.63, 3.8) is 0 Å². The van der Waals surface area contributed by atoms with Crippen LogP contribution in [0.1, 0.15) is 35.1 Å². The lowest BCUT2D eigenvalue weighted by Crippen LogP contribution is -2.37. The molecule has 1 aromatic carbocycles. The fraction of sp³-hybridized carbons (Fsp3) is 0.350. The van der Waals surface area contributed by atoms with E-state index in [1.807, 2.05) is 25.3 Å². The van der Waals surface area contributed by atoms with Gasteiger partial charge in [-0.25, -0.2) is 9.18 Å². The van der Waals surface area contributed by atoms with Crippen LogP contribution in [-0.2, 0) is 20.9 Å². The molecular weight excluding hydrogens is 365 g/mol. The van der Waals surface area contributed by atoms with E-state index < -0.39 is 30.2 Å². The second kappa shape index (κ2) is 9.16. The Labute approximate surface area is 162 Å². The predicted molar refractivity (Wildman–Crippen MR) is 102 cm³/mol. The summed E-state index contributed by atoms with van der Waals surface area (Å²) in [5.74, 6) is -2.17. The first-order valence-electron chi connectivity index (χ1n) is 8.92. The fourth-order valence-corrected chi connectivity index (χ4v) is 3.02. The van der Waals surface area contributed by atoms with Gasteiger partial charge in [-0.15, -0.1) is 0 Å². The van der Waals surface area contributed by atoms with Crippen molar-refractivity contribution in [3.8, 4) is 0 Å². The van der Waals surface area contributed by atoms with E-state index in [2.05, 4.69) is 0 Å². The molecule has 0 aliphatic carbocycles. The van der Waals surface area contributed by atoms with Crippen LogP contribution < -0.4 is 10.6 Å². The molecule has 1 aromatic heterocycles. The van der Waals surface area contributed by atoms with Gasteiger partial charge in [-0.2, -0.15) is 0 Å². The van der Waals surface area contributed by atoms with Crippen LogP contribution in [0.5, 0.6) is 0 Å². The van der Waals surface area contributed by atoms with Gasteiger partial charge in [0, 0.05) is 36.6 Å². The van der Waals surface area contributed by atoms with Crippen molar-refractivity contribution in [1.82, 2.24) is 4.57 Å². The van der Waals surface area contributed by atoms with Crippen molar-refractivity contribution in [2.45, 2.75) is 33.7 Å². The van der Waals surface area contributed by atoms with Crippen LogP contribution >= 0.6 is 0 Å². The van der Waals surface area contributed by atoms with Gasteiger partial charge in [-0.1, -0.05) is 0 Å². The molecule has 8 heteroatoms. The standard InChI is InChI=1S/C20H24FN3O4/c1-4-23-13(2)11-17(14(23)3)20(27)28-12-19(26)24(10-9-18(22)25)16-7-5-15(21)6-8-16/h5-8,11H,4,9-10,12H2,1-3H3,(H2,22,25). The van der Waals surface area contributed by atoms with Crippen LogP contribution in [0.25, 0.3) is 0 Å². The molecule has 0 atom stereocenters. The number of amides is 2. The maximum Gasteiger partial charge on any atom is 0.340 e. The Morgan fingerprint density at radius 2 is 1.82 bits per heavy atom. The number of halogens is 1. The Kier molecular flexibility index (Phi) is 6.92. The summed E-state index contributed by atoms with van der Waals surface area (Å²) in [7, 11) is 0. The highest BCUT2D eigenvalue weighted by Crippen LogP contribution is 2.18. The summed E-state index contributed by atoms with van der Waals surface area (Å²) in [6, 6.07) is 6.93. The van der Waals surface area contributed by atoms with Gasteiger partial charge in [0.25, 0.3) is 5.91 Å². The van der Waals surface area contributed by atoms with E-state index in [1.165, 1.54) is 29.2 Å². The Bertz CT molecular complexity index is 874. The van der Waals surface area contributed by atoms with Crippen LogP contribution in [0.3, 0.4) is 0 Å². The number of benzene rings is 1. The monoisotopic (exact) mass is 389 g/mol. The number of ether oxygens (including phenoxy) is 1. The predicted octanol–water partition coefficient (Wildman–Crippen LogP) is 2.33. The number of nitrogens with zero attached hydrogens (tertiary/aromatic N) is 2. The van der Waals surface area contributed by atoms with Crippen LogP contribution in [0.4, 0.5) is 10.1 Å². The highest BCUT2D eigenvalue weighted by Gasteiger charge is 2.21. The van der Waals surface area contributed by atoms with Gasteiger partial charge in [-0.3, -0.25) is 9.59 Å². The third-order valence-electron chi connectivity index (χ3n) is 4.46. The highest BCUT2D eigenvalue weighted by molar-refractivity contribution is 5.98. The number of nitrogens with two attached hydrogens (primary N) is 1. The van der Waals surface area contributed by atoms with Gasteiger partial charge in [0.05, 0.1) is 5.56 Å². The van der Waals surface area contributed by atoms with Gasteiger partial charge >= 0.3 is 5.97 Å². The average Bonchev–Trinajstić information content (AvgIpc) is 2.94. The van der Waals surface area contributed by atoms with E-state index in [4.69, 9.17) is 10.5 Å². The molecule has 1 heterocycles. The fourth-order valence-electron chi connectivity index (χ4n) is 3.02. The van der Waals surface area contributed by atoms with E-state index >= 15 is 0 Å². The van der Waals surface area contributed by atoms with Gasteiger partial charge in [0.15, 0.2) is 6.61 Å². The summed E-state index contributed by atoms with van der Waals surface area (Å²) < 4.78 is 20.3. The molecule has 2 N–H and O–H groups in total. The number of rotatable bonds is 8. The topological polar surface area (TPSA) is 94.6 Å². The number of aromatic nitrogens is 1. The lowest BCUT2D eigenvalue weighted by atomic mass is 10.2. The molecule has 0 aliphatic heterocycles. The van der Waals surface area contributed by atoms with E-state index in [1.54, 1.807) is 6.07 Å². The molecule has 0 fully saturated rings. The number of aryl methyl sites for hydroxylation is 1. The van der Waals surface area contributed by atoms with E-state index in [-0.39, 0.29) is 13.0 Å². The SMILES string of the molecule is CCn1c(C)cc(C(=O)OCC(=O)N(CCC(N)=O)c2ccc(F)cc2)c1C. The van der Waals surface area contributed by atoms with E-state index in [0.29, 0.717) is 11.3 Å². The Balaban J connectivity index is 2.11. The zero-order valence-corrected chi connectivity index (χ0v) is 16.2. The summed E-state index contributed by atoms with van der Waals surface area (Å²) in [6.45, 7) is 5.88. The van der Waals surface area contributed by atoms with Gasteiger partial charge in [0.2, 0.25) is 5.91 Å². The molecule has 2 amide bonds. The van der Waals surface area contributed by atoms with Crippen LogP contribution in [0.2, 0.25) is 0 Å². The largest absolute Gasteiger partial charge is 0.452 e. The second-order valence-corrected chi connectivity index (χ2v) is 6.34. The van der Waals surface area contributed by atoms with Crippen molar-refractivity contribution < 1.29 is 23.5 Å². The zero-order valence-electron chi connectivity index (χ0n) is 16.2. The second-order valence-electron chi connectivity index (χ2n) is 6.34. The van der Waals surface area contributed by atoms with Crippen LogP contribution in [-0.4, -0.2) is 35.5 Å². The van der Waals surface area contributed by atoms with E-state index in [9.17, 15) is 18.8 Å². The quantitative estimate of drug-likeness (QED) is 0.701. The first kappa shape index (κ1) is 21.1. The van der Waals surface area contributed by atoms with E-state index in [0.717, 1.165) is 17.9 Å². The molecule has 2 aromatic rings. The van der Waals surface area contributed by atoms with Crippen LogP contribution in [0, 0.1) is 19.7 Å². The minimum Gasteiger partial charge on any atom is -0.452 e. The van der Waals surface area contributed by atoms with Crippen molar-refractivity contribution in [3.05, 3.63) is 53.1 Å². The van der Waals surface area contributed by atoms with Gasteiger partial charge in [0.1, 0.15) is 5.82 Å². The molecular formula is C20H24FN3O4. The Hall–Kier alpha value is -3.16. The zero-order chi connectivity index (χ0) is 20.8. The molecule has 0 spiro atoms. The summed E-state index contributed by atoms with van der Waals surface area (Å²) in [4.78, 5) is 37.3. The average molecular weight is 389 g/mol. The molecule has 7 nitrogen and oxygen atoms in total. The maximum atomic E-state index is 13.2. The molecule has 2 rings (SSSR count). The van der Waals surface area contributed by atoms with Crippen molar-refractivity contribution >= 4 is 23.5 Å². The number of carbonyl (C=O) groups excluding carboxylic acids is 3. The first-order valence-corrected chi connectivity index (χ1v) is 8.92. The first-order chi connectivity index (χ1) is 13.2. The minimum absolute atomic E-state index is 0.00168. The number of hydrogen-bond donors (Lipinski definition) is 1. The smallest absolute Gasteiger partial charge is 0.340 e. The highest BCUT2D eigenvalue weighted by atomic mass is 19.1. The van der Waals surface area contributed by atoms with Crippen molar-refractivity contribution in [2.24, 2.45) is 5.73 Å². The number of carbonyl (C=O) groups is 3. The summed E-state index contributed by atoms with van der Waals surface area (Å²) in [5.41, 5.74) is 7.63. The molecule has 0 saturated carbocycles. The van der Waals surface area contributed by atoms with Gasteiger partial charge in [-0.05, 0) is 51.1 Å². The third-order valence-corrected chi connectivity index (χ3v) is 4.46. The van der Waals surface area contributed by atoms with Crippen LogP contribution in [0.15, 0.2) is 30.3 Å². The molecule has 0 saturated heterocycles. The summed E-state index contributed by atoms with van der Waals surface area (Å²) in [6.07, 6.45) is -0.0747. The summed E-state index contributed by atoms with van der Waals surface area (Å²) >= 11 is 0. The number of hydrogen-bond acceptors (Lipinski definition) is 4. The summed E-state index contributed by atoms with van der Waals surface area (Å²) in [5, 5.41) is 0. The minimum atomic E-state index is -0.602. The lowest BCUT2D eigenvalue weighted by molar-refractivity contribution is -0.121. The third kappa shape index (κ3) is 4.97. The molecule has 150 valence electrons.